The molecule has 19 heavy (non-hydrogen) atoms. The average Bonchev–Trinajstić information content (AvgIpc) is 2.77. The molecule has 3 rings (SSSR count). The van der Waals surface area contributed by atoms with Crippen LogP contribution in [-0.2, 0) is 6.54 Å². The topological polar surface area (TPSA) is 53.8 Å². The second-order valence-electron chi connectivity index (χ2n) is 4.49. The first kappa shape index (κ1) is 11.6. The molecule has 0 fully saturated rings. The number of hydrogen-bond acceptors (Lipinski definition) is 2. The summed E-state index contributed by atoms with van der Waals surface area (Å²) >= 11 is 0. The fourth-order valence-corrected chi connectivity index (χ4v) is 2.05. The summed E-state index contributed by atoms with van der Waals surface area (Å²) in [5, 5.41) is 4.62. The number of carbonyl (C=O) groups excluding carboxylic acids is 1. The molecule has 2 aromatic rings. The molecule has 0 aliphatic carbocycles. The quantitative estimate of drug-likeness (QED) is 0.906. The number of nitrogens with zero attached hydrogens (tertiary/aromatic N) is 2. The Bertz CT molecular complexity index is 765. The number of amides is 2. The van der Waals surface area contributed by atoms with E-state index in [1.807, 2.05) is 30.3 Å². The number of aryl methyl sites for hydroxylation is 1. The molecule has 0 aromatic heterocycles. The smallest absolute Gasteiger partial charge is 0.368 e. The van der Waals surface area contributed by atoms with Gasteiger partial charge in [-0.15, -0.1) is 0 Å². The molecule has 0 radical (unpaired) electrons. The van der Waals surface area contributed by atoms with E-state index >= 15 is 0 Å². The highest BCUT2D eigenvalue weighted by molar-refractivity contribution is 5.77. The molecule has 0 saturated carbocycles. The fraction of sp³-hybridized carbons (Fsp3) is 0.133. The average molecular weight is 251 g/mol. The largest absolute Gasteiger partial charge is 0.381 e. The first-order valence-electron chi connectivity index (χ1n) is 6.12. The van der Waals surface area contributed by atoms with Crippen molar-refractivity contribution in [1.82, 2.24) is 0 Å². The maximum atomic E-state index is 11.1. The van der Waals surface area contributed by atoms with Crippen LogP contribution in [0.25, 0.3) is 0 Å². The molecule has 94 valence electrons. The molecule has 4 nitrogen and oxygen atoms in total. The van der Waals surface area contributed by atoms with Crippen molar-refractivity contribution in [3.05, 3.63) is 64.3 Å². The minimum atomic E-state index is -0.425. The first-order valence-corrected chi connectivity index (χ1v) is 6.12. The van der Waals surface area contributed by atoms with Gasteiger partial charge in [0.1, 0.15) is 0 Å². The van der Waals surface area contributed by atoms with Gasteiger partial charge in [0.2, 0.25) is 0 Å². The van der Waals surface area contributed by atoms with Gasteiger partial charge in [-0.1, -0.05) is 24.3 Å². The van der Waals surface area contributed by atoms with Gasteiger partial charge < -0.3 is 5.32 Å². The standard InChI is InChI=1S/C15H13N3O/c1-10-4-2-3-5-11(10)9-16-12-6-7-13-14(8-12)18-15(19)17-13/h2-8,16H,9H2,1H3. The summed E-state index contributed by atoms with van der Waals surface area (Å²) in [6, 6.07) is 13.4. The SMILES string of the molecule is Cc1ccccc1CNc1ccc2c(c1)=NC(=O)N=2. The van der Waals surface area contributed by atoms with E-state index in [4.69, 9.17) is 0 Å². The Balaban J connectivity index is 1.81. The van der Waals surface area contributed by atoms with Crippen LogP contribution >= 0.6 is 0 Å². The van der Waals surface area contributed by atoms with Gasteiger partial charge in [0.15, 0.2) is 0 Å². The molecule has 0 saturated heterocycles. The van der Waals surface area contributed by atoms with Crippen LogP contribution in [-0.4, -0.2) is 6.03 Å². The Morgan fingerprint density at radius 3 is 2.68 bits per heavy atom. The predicted octanol–water partition coefficient (Wildman–Crippen LogP) is 1.98. The lowest BCUT2D eigenvalue weighted by Crippen LogP contribution is -2.21. The highest BCUT2D eigenvalue weighted by Crippen LogP contribution is 2.10. The summed E-state index contributed by atoms with van der Waals surface area (Å²) in [6.45, 7) is 2.84. The number of hydrogen-bond donors (Lipinski definition) is 1. The summed E-state index contributed by atoms with van der Waals surface area (Å²) in [5.41, 5.74) is 3.45. The Hall–Kier alpha value is -2.49. The molecule has 2 amide bonds. The van der Waals surface area contributed by atoms with Gasteiger partial charge in [0, 0.05) is 12.2 Å². The Morgan fingerprint density at radius 1 is 1.05 bits per heavy atom. The third-order valence-electron chi connectivity index (χ3n) is 3.15. The lowest BCUT2D eigenvalue weighted by Gasteiger charge is -2.08. The minimum absolute atomic E-state index is 0.425. The zero-order valence-electron chi connectivity index (χ0n) is 10.6. The number of urea groups is 1. The van der Waals surface area contributed by atoms with Gasteiger partial charge in [-0.2, -0.15) is 9.98 Å². The number of rotatable bonds is 3. The number of fused-ring (bicyclic) bond motifs is 1. The molecule has 1 heterocycles. The van der Waals surface area contributed by atoms with Crippen LogP contribution in [0.2, 0.25) is 0 Å². The van der Waals surface area contributed by atoms with Crippen molar-refractivity contribution in [2.45, 2.75) is 13.5 Å². The van der Waals surface area contributed by atoms with E-state index in [1.54, 1.807) is 0 Å². The van der Waals surface area contributed by atoms with E-state index in [0.717, 1.165) is 12.2 Å². The highest BCUT2D eigenvalue weighted by Gasteiger charge is 2.05. The Labute approximate surface area is 110 Å². The Morgan fingerprint density at radius 2 is 1.84 bits per heavy atom. The zero-order valence-corrected chi connectivity index (χ0v) is 10.6. The predicted molar refractivity (Wildman–Crippen MR) is 72.7 cm³/mol. The molecule has 4 heteroatoms. The van der Waals surface area contributed by atoms with Crippen LogP contribution in [0.5, 0.6) is 0 Å². The van der Waals surface area contributed by atoms with E-state index in [9.17, 15) is 4.79 Å². The summed E-state index contributed by atoms with van der Waals surface area (Å²) < 4.78 is 0. The van der Waals surface area contributed by atoms with Crippen molar-refractivity contribution in [3.63, 3.8) is 0 Å². The second-order valence-corrected chi connectivity index (χ2v) is 4.49. The number of benzene rings is 2. The molecule has 1 aliphatic rings. The maximum absolute atomic E-state index is 11.1. The summed E-state index contributed by atoms with van der Waals surface area (Å²) in [6.07, 6.45) is 0. The summed E-state index contributed by atoms with van der Waals surface area (Å²) in [5.74, 6) is 0. The van der Waals surface area contributed by atoms with Gasteiger partial charge in [-0.3, -0.25) is 0 Å². The third kappa shape index (κ3) is 2.38. The molecular formula is C15H13N3O. The van der Waals surface area contributed by atoms with Gasteiger partial charge in [0.25, 0.3) is 0 Å². The third-order valence-corrected chi connectivity index (χ3v) is 3.15. The monoisotopic (exact) mass is 251 g/mol. The summed E-state index contributed by atoms with van der Waals surface area (Å²) in [4.78, 5) is 18.7. The molecule has 0 bridgehead atoms. The van der Waals surface area contributed by atoms with Gasteiger partial charge >= 0.3 is 6.03 Å². The van der Waals surface area contributed by atoms with Crippen LogP contribution in [0, 0.1) is 6.92 Å². The van der Waals surface area contributed by atoms with E-state index in [1.165, 1.54) is 11.1 Å². The van der Waals surface area contributed by atoms with Gasteiger partial charge in [0.05, 0.1) is 10.7 Å². The minimum Gasteiger partial charge on any atom is -0.381 e. The maximum Gasteiger partial charge on any atom is 0.368 e. The number of carbonyl (C=O) groups is 1. The normalized spacial score (nSPS) is 12.6. The molecule has 0 spiro atoms. The first-order chi connectivity index (χ1) is 9.22. The van der Waals surface area contributed by atoms with Crippen molar-refractivity contribution in [1.29, 1.82) is 0 Å². The zero-order chi connectivity index (χ0) is 13.2. The molecule has 0 atom stereocenters. The molecular weight excluding hydrogens is 238 g/mol. The lowest BCUT2D eigenvalue weighted by atomic mass is 10.1. The Kier molecular flexibility index (Phi) is 2.83. The second kappa shape index (κ2) is 4.65. The van der Waals surface area contributed by atoms with Crippen LogP contribution in [0.15, 0.2) is 52.4 Å². The molecule has 2 aromatic carbocycles. The molecule has 0 unspecified atom stereocenters. The number of nitrogens with one attached hydrogen (secondary N) is 1. The van der Waals surface area contributed by atoms with Crippen molar-refractivity contribution >= 4 is 11.7 Å². The van der Waals surface area contributed by atoms with Crippen LogP contribution in [0.1, 0.15) is 11.1 Å². The van der Waals surface area contributed by atoms with Crippen LogP contribution in [0.4, 0.5) is 10.5 Å². The summed E-state index contributed by atoms with van der Waals surface area (Å²) in [7, 11) is 0. The van der Waals surface area contributed by atoms with Crippen molar-refractivity contribution in [3.8, 4) is 0 Å². The van der Waals surface area contributed by atoms with E-state index in [0.29, 0.717) is 10.7 Å². The molecule has 1 aliphatic heterocycles. The van der Waals surface area contributed by atoms with Gasteiger partial charge in [-0.25, -0.2) is 4.79 Å². The van der Waals surface area contributed by atoms with E-state index in [-0.39, 0.29) is 0 Å². The lowest BCUT2D eigenvalue weighted by molar-refractivity contribution is 0.256. The van der Waals surface area contributed by atoms with E-state index in [2.05, 4.69) is 34.4 Å². The van der Waals surface area contributed by atoms with Crippen molar-refractivity contribution in [2.24, 2.45) is 9.98 Å². The molecule has 1 N–H and O–H groups in total. The van der Waals surface area contributed by atoms with Crippen molar-refractivity contribution in [2.75, 3.05) is 5.32 Å². The number of anilines is 1. The van der Waals surface area contributed by atoms with Crippen LogP contribution < -0.4 is 16.0 Å². The van der Waals surface area contributed by atoms with E-state index < -0.39 is 6.03 Å². The fourth-order valence-electron chi connectivity index (χ4n) is 2.05. The van der Waals surface area contributed by atoms with Crippen LogP contribution in [0.3, 0.4) is 0 Å². The highest BCUT2D eigenvalue weighted by atomic mass is 16.2. The van der Waals surface area contributed by atoms with Crippen molar-refractivity contribution < 1.29 is 4.79 Å². The van der Waals surface area contributed by atoms with Gasteiger partial charge in [-0.05, 0) is 36.2 Å².